The number of carbonyl (C=O) groups excluding carboxylic acids is 1. The Morgan fingerprint density at radius 2 is 2.17 bits per heavy atom. The second kappa shape index (κ2) is 7.88. The second-order valence-corrected chi connectivity index (χ2v) is 6.67. The molecule has 1 unspecified atom stereocenters. The molecule has 2 aliphatic rings. The summed E-state index contributed by atoms with van der Waals surface area (Å²) >= 11 is 0. The van der Waals surface area contributed by atoms with Crippen LogP contribution in [0.5, 0.6) is 0 Å². The summed E-state index contributed by atoms with van der Waals surface area (Å²) in [6.45, 7) is 7.21. The fourth-order valence-electron chi connectivity index (χ4n) is 3.47. The van der Waals surface area contributed by atoms with Crippen molar-refractivity contribution in [2.24, 2.45) is 5.92 Å². The monoisotopic (exact) mass is 317 g/mol. The number of pyridine rings is 1. The summed E-state index contributed by atoms with van der Waals surface area (Å²) in [6.07, 6.45) is 3.17. The minimum Gasteiger partial charge on any atom is -0.381 e. The zero-order valence-corrected chi connectivity index (χ0v) is 14.0. The number of aromatic nitrogens is 1. The van der Waals surface area contributed by atoms with Crippen LogP contribution in [0.25, 0.3) is 0 Å². The molecule has 5 nitrogen and oxygen atoms in total. The summed E-state index contributed by atoms with van der Waals surface area (Å²) < 4.78 is 5.26. The quantitative estimate of drug-likeness (QED) is 0.898. The summed E-state index contributed by atoms with van der Waals surface area (Å²) in [5, 5.41) is 3.05. The van der Waals surface area contributed by atoms with Crippen molar-refractivity contribution in [1.82, 2.24) is 15.2 Å². The van der Waals surface area contributed by atoms with Gasteiger partial charge in [-0.15, -0.1) is 0 Å². The Morgan fingerprint density at radius 1 is 1.35 bits per heavy atom. The van der Waals surface area contributed by atoms with Crippen LogP contribution in [0.15, 0.2) is 18.2 Å². The van der Waals surface area contributed by atoms with Gasteiger partial charge in [0.1, 0.15) is 0 Å². The third-order valence-corrected chi connectivity index (χ3v) is 4.94. The average molecular weight is 317 g/mol. The fraction of sp³-hybridized carbons (Fsp3) is 0.667. The van der Waals surface area contributed by atoms with Crippen LogP contribution in [0.2, 0.25) is 0 Å². The molecule has 1 aromatic heterocycles. The van der Waals surface area contributed by atoms with Crippen LogP contribution in [-0.2, 0) is 9.53 Å². The molecule has 126 valence electrons. The van der Waals surface area contributed by atoms with Crippen molar-refractivity contribution in [3.63, 3.8) is 0 Å². The van der Waals surface area contributed by atoms with Gasteiger partial charge in [-0.1, -0.05) is 6.07 Å². The molecule has 0 spiro atoms. The molecular weight excluding hydrogens is 290 g/mol. The molecule has 3 heterocycles. The van der Waals surface area contributed by atoms with Gasteiger partial charge in [0.25, 0.3) is 0 Å². The lowest BCUT2D eigenvalue weighted by Gasteiger charge is -2.31. The van der Waals surface area contributed by atoms with E-state index in [1.165, 1.54) is 5.69 Å². The molecule has 2 fully saturated rings. The lowest BCUT2D eigenvalue weighted by molar-refractivity contribution is -0.125. The minimum atomic E-state index is 0.0631. The van der Waals surface area contributed by atoms with Crippen LogP contribution in [-0.4, -0.2) is 55.2 Å². The van der Waals surface area contributed by atoms with E-state index in [9.17, 15) is 4.79 Å². The Kier molecular flexibility index (Phi) is 5.62. The minimum absolute atomic E-state index is 0.0631. The molecule has 0 saturated carbocycles. The molecule has 0 radical (unpaired) electrons. The van der Waals surface area contributed by atoms with Crippen molar-refractivity contribution in [1.29, 1.82) is 0 Å². The summed E-state index contributed by atoms with van der Waals surface area (Å²) in [6, 6.07) is 6.31. The molecule has 5 heteroatoms. The molecule has 1 N–H and O–H groups in total. The van der Waals surface area contributed by atoms with E-state index in [0.29, 0.717) is 12.5 Å². The third-order valence-electron chi connectivity index (χ3n) is 4.94. The first-order valence-corrected chi connectivity index (χ1v) is 8.74. The van der Waals surface area contributed by atoms with Crippen LogP contribution in [0.4, 0.5) is 0 Å². The first-order valence-electron chi connectivity index (χ1n) is 8.74. The van der Waals surface area contributed by atoms with Gasteiger partial charge in [0, 0.05) is 37.0 Å². The molecule has 2 saturated heterocycles. The maximum Gasteiger partial charge on any atom is 0.225 e. The Balaban J connectivity index is 1.37. The van der Waals surface area contributed by atoms with Gasteiger partial charge >= 0.3 is 0 Å². The predicted octanol–water partition coefficient (Wildman–Crippen LogP) is 1.72. The molecule has 0 aromatic carbocycles. The highest BCUT2D eigenvalue weighted by atomic mass is 16.5. The standard InChI is InChI=1S/C18H27N3O2/c1-14-3-2-4-17(20-14)15-5-9-21(10-6-15)11-8-19-18(22)16-7-12-23-13-16/h2-4,15-16H,5-13H2,1H3,(H,19,22). The Bertz CT molecular complexity index is 521. The maximum absolute atomic E-state index is 11.9. The molecular formula is C18H27N3O2. The number of amides is 1. The van der Waals surface area contributed by atoms with E-state index in [0.717, 1.165) is 57.7 Å². The van der Waals surface area contributed by atoms with Crippen molar-refractivity contribution in [3.05, 3.63) is 29.6 Å². The van der Waals surface area contributed by atoms with Crippen LogP contribution in [0, 0.1) is 12.8 Å². The summed E-state index contributed by atoms with van der Waals surface area (Å²) in [7, 11) is 0. The van der Waals surface area contributed by atoms with Gasteiger partial charge in [-0.2, -0.15) is 0 Å². The maximum atomic E-state index is 11.9. The topological polar surface area (TPSA) is 54.5 Å². The largest absolute Gasteiger partial charge is 0.381 e. The number of hydrogen-bond donors (Lipinski definition) is 1. The van der Waals surface area contributed by atoms with Gasteiger partial charge in [0.05, 0.1) is 12.5 Å². The second-order valence-electron chi connectivity index (χ2n) is 6.67. The molecule has 1 aromatic rings. The number of rotatable bonds is 5. The molecule has 0 bridgehead atoms. The average Bonchev–Trinajstić information content (AvgIpc) is 3.10. The van der Waals surface area contributed by atoms with Gasteiger partial charge < -0.3 is 15.0 Å². The Morgan fingerprint density at radius 3 is 2.87 bits per heavy atom. The highest BCUT2D eigenvalue weighted by Crippen LogP contribution is 2.26. The van der Waals surface area contributed by atoms with Gasteiger partial charge in [-0.3, -0.25) is 9.78 Å². The molecule has 2 aliphatic heterocycles. The molecule has 1 amide bonds. The van der Waals surface area contributed by atoms with Gasteiger partial charge in [0.2, 0.25) is 5.91 Å². The van der Waals surface area contributed by atoms with Crippen molar-refractivity contribution in [2.45, 2.75) is 32.1 Å². The number of piperidine rings is 1. The SMILES string of the molecule is Cc1cccc(C2CCN(CCNC(=O)C3CCOC3)CC2)n1. The van der Waals surface area contributed by atoms with E-state index in [4.69, 9.17) is 4.74 Å². The first-order chi connectivity index (χ1) is 11.2. The summed E-state index contributed by atoms with van der Waals surface area (Å²) in [5.41, 5.74) is 2.34. The summed E-state index contributed by atoms with van der Waals surface area (Å²) in [5.74, 6) is 0.797. The van der Waals surface area contributed by atoms with E-state index < -0.39 is 0 Å². The molecule has 23 heavy (non-hydrogen) atoms. The van der Waals surface area contributed by atoms with E-state index in [-0.39, 0.29) is 11.8 Å². The zero-order valence-electron chi connectivity index (χ0n) is 14.0. The van der Waals surface area contributed by atoms with Crippen molar-refractivity contribution in [3.8, 4) is 0 Å². The smallest absolute Gasteiger partial charge is 0.225 e. The van der Waals surface area contributed by atoms with Crippen molar-refractivity contribution < 1.29 is 9.53 Å². The van der Waals surface area contributed by atoms with E-state index in [2.05, 4.69) is 40.3 Å². The van der Waals surface area contributed by atoms with Gasteiger partial charge in [0.15, 0.2) is 0 Å². The van der Waals surface area contributed by atoms with Crippen molar-refractivity contribution >= 4 is 5.91 Å². The normalized spacial score (nSPS) is 23.1. The van der Waals surface area contributed by atoms with Crippen LogP contribution < -0.4 is 5.32 Å². The highest BCUT2D eigenvalue weighted by Gasteiger charge is 2.24. The summed E-state index contributed by atoms with van der Waals surface area (Å²) in [4.78, 5) is 19.0. The Labute approximate surface area is 138 Å². The number of carbonyl (C=O) groups is 1. The van der Waals surface area contributed by atoms with Gasteiger partial charge in [-0.05, 0) is 51.4 Å². The van der Waals surface area contributed by atoms with Crippen LogP contribution in [0.3, 0.4) is 0 Å². The predicted molar refractivity (Wildman–Crippen MR) is 89.3 cm³/mol. The highest BCUT2D eigenvalue weighted by molar-refractivity contribution is 5.78. The van der Waals surface area contributed by atoms with Crippen LogP contribution in [0.1, 0.15) is 36.6 Å². The Hall–Kier alpha value is -1.46. The number of nitrogens with one attached hydrogen (secondary N) is 1. The first kappa shape index (κ1) is 16.4. The van der Waals surface area contributed by atoms with E-state index >= 15 is 0 Å². The lowest BCUT2D eigenvalue weighted by Crippen LogP contribution is -2.40. The number of aryl methyl sites for hydroxylation is 1. The van der Waals surface area contributed by atoms with E-state index in [1.807, 2.05) is 0 Å². The molecule has 0 aliphatic carbocycles. The molecule has 3 rings (SSSR count). The fourth-order valence-corrected chi connectivity index (χ4v) is 3.47. The van der Waals surface area contributed by atoms with Crippen molar-refractivity contribution in [2.75, 3.05) is 39.4 Å². The zero-order chi connectivity index (χ0) is 16.1. The van der Waals surface area contributed by atoms with E-state index in [1.54, 1.807) is 0 Å². The van der Waals surface area contributed by atoms with Gasteiger partial charge in [-0.25, -0.2) is 0 Å². The number of ether oxygens (including phenoxy) is 1. The van der Waals surface area contributed by atoms with Crippen LogP contribution >= 0.6 is 0 Å². The number of likely N-dealkylation sites (tertiary alicyclic amines) is 1. The lowest BCUT2D eigenvalue weighted by atomic mass is 9.93. The number of hydrogen-bond acceptors (Lipinski definition) is 4. The molecule has 1 atom stereocenters. The number of nitrogens with zero attached hydrogens (tertiary/aromatic N) is 2. The third kappa shape index (κ3) is 4.52.